The zero-order chi connectivity index (χ0) is 17.4. The van der Waals surface area contributed by atoms with Gasteiger partial charge >= 0.3 is 12.0 Å². The number of esters is 1. The van der Waals surface area contributed by atoms with Crippen LogP contribution in [0.25, 0.3) is 0 Å². The van der Waals surface area contributed by atoms with E-state index in [1.165, 1.54) is 17.2 Å². The minimum Gasteiger partial charge on any atom is -0.459 e. The van der Waals surface area contributed by atoms with E-state index in [1.54, 1.807) is 13.8 Å². The minimum absolute atomic E-state index is 0.218. The molecular formula is C16H25N3O4. The number of carbonyl (C=O) groups is 2. The molecule has 1 saturated heterocycles. The molecule has 0 unspecified atom stereocenters. The van der Waals surface area contributed by atoms with E-state index < -0.39 is 23.8 Å². The van der Waals surface area contributed by atoms with Gasteiger partial charge in [0.05, 0.1) is 17.4 Å². The lowest BCUT2D eigenvalue weighted by Crippen LogP contribution is -2.45. The molecule has 0 aromatic heterocycles. The number of carbonyl (C=O) groups excluding carboxylic acids is 2. The predicted molar refractivity (Wildman–Crippen MR) is 84.6 cm³/mol. The fourth-order valence-electron chi connectivity index (χ4n) is 2.95. The molecule has 0 aromatic rings. The molecule has 1 spiro atoms. The zero-order valence-corrected chi connectivity index (χ0v) is 13.8. The summed E-state index contributed by atoms with van der Waals surface area (Å²) in [7, 11) is 0. The summed E-state index contributed by atoms with van der Waals surface area (Å²) in [6, 6.07) is -0.651. The lowest BCUT2D eigenvalue weighted by molar-refractivity contribution is -0.157. The van der Waals surface area contributed by atoms with Gasteiger partial charge in [0.25, 0.3) is 0 Å². The van der Waals surface area contributed by atoms with Crippen LogP contribution in [0, 0.1) is 11.3 Å². The van der Waals surface area contributed by atoms with Crippen molar-refractivity contribution in [3.05, 3.63) is 24.6 Å². The second-order valence-corrected chi connectivity index (χ2v) is 6.58. The van der Waals surface area contributed by atoms with Crippen molar-refractivity contribution in [3.8, 4) is 0 Å². The molecule has 7 heteroatoms. The van der Waals surface area contributed by atoms with E-state index in [2.05, 4.69) is 6.58 Å². The summed E-state index contributed by atoms with van der Waals surface area (Å²) in [4.78, 5) is 25.1. The number of hydrogen-bond acceptors (Lipinski definition) is 5. The van der Waals surface area contributed by atoms with Gasteiger partial charge in [-0.3, -0.25) is 9.69 Å². The number of urea groups is 1. The Labute approximate surface area is 136 Å². The van der Waals surface area contributed by atoms with Crippen molar-refractivity contribution in [2.75, 3.05) is 0 Å². The maximum absolute atomic E-state index is 12.0. The van der Waals surface area contributed by atoms with Gasteiger partial charge in [-0.15, -0.1) is 0 Å². The first-order valence-corrected chi connectivity index (χ1v) is 7.75. The Balaban J connectivity index is 2.22. The third kappa shape index (κ3) is 3.34. The van der Waals surface area contributed by atoms with Crippen molar-refractivity contribution in [1.82, 2.24) is 4.90 Å². The Bertz CT molecular complexity index is 539. The van der Waals surface area contributed by atoms with Gasteiger partial charge < -0.3 is 20.9 Å². The molecule has 3 atom stereocenters. The number of amides is 2. The van der Waals surface area contributed by atoms with Crippen molar-refractivity contribution in [3.63, 3.8) is 0 Å². The van der Waals surface area contributed by atoms with Crippen molar-refractivity contribution < 1.29 is 19.1 Å². The molecule has 4 N–H and O–H groups in total. The number of nitrogens with zero attached hydrogens (tertiary/aromatic N) is 1. The van der Waals surface area contributed by atoms with Crippen LogP contribution in [0.15, 0.2) is 24.6 Å². The lowest BCUT2D eigenvalue weighted by atomic mass is 9.96. The first kappa shape index (κ1) is 17.3. The molecule has 1 aliphatic carbocycles. The quantitative estimate of drug-likeness (QED) is 0.588. The highest BCUT2D eigenvalue weighted by atomic mass is 16.6. The summed E-state index contributed by atoms with van der Waals surface area (Å²) in [6.07, 6.45) is 3.28. The van der Waals surface area contributed by atoms with Gasteiger partial charge in [-0.1, -0.05) is 20.4 Å². The molecule has 23 heavy (non-hydrogen) atoms. The highest BCUT2D eigenvalue weighted by Gasteiger charge is 2.66. The minimum atomic E-state index is -0.651. The third-order valence-electron chi connectivity index (χ3n) is 4.33. The van der Waals surface area contributed by atoms with Crippen LogP contribution < -0.4 is 11.5 Å². The van der Waals surface area contributed by atoms with E-state index in [0.29, 0.717) is 5.70 Å². The first-order valence-electron chi connectivity index (χ1n) is 7.75. The Morgan fingerprint density at radius 3 is 2.43 bits per heavy atom. The Hall–Kier alpha value is -2.02. The number of primary amides is 1. The molecule has 2 amide bonds. The molecule has 1 aliphatic heterocycles. The standard InChI is InChI=1S/C16H25N3O4/c1-9(2)13(20)23-12-11(4)22-14(16(12)6-7-16)19(15(18)21)8-5-10(3)17/h5,8-9,11-12,14H,3,6-7,17H2,1-2,4H3,(H2,18,21)/b8-5-/t11-,12-,14-/m1/s1. The zero-order valence-electron chi connectivity index (χ0n) is 13.8. The molecule has 2 fully saturated rings. The number of rotatable bonds is 5. The van der Waals surface area contributed by atoms with Crippen LogP contribution in [0.1, 0.15) is 33.6 Å². The van der Waals surface area contributed by atoms with E-state index in [1.807, 2.05) is 6.92 Å². The van der Waals surface area contributed by atoms with Gasteiger partial charge in [-0.2, -0.15) is 0 Å². The molecule has 0 aromatic carbocycles. The molecular weight excluding hydrogens is 298 g/mol. The van der Waals surface area contributed by atoms with Crippen LogP contribution in [0.2, 0.25) is 0 Å². The summed E-state index contributed by atoms with van der Waals surface area (Å²) in [6.45, 7) is 8.96. The summed E-state index contributed by atoms with van der Waals surface area (Å²) >= 11 is 0. The van der Waals surface area contributed by atoms with E-state index in [0.717, 1.165) is 12.8 Å². The smallest absolute Gasteiger partial charge is 0.320 e. The predicted octanol–water partition coefficient (Wildman–Crippen LogP) is 1.45. The number of allylic oxidation sites excluding steroid dienone is 1. The van der Waals surface area contributed by atoms with Crippen LogP contribution in [-0.4, -0.2) is 35.3 Å². The summed E-state index contributed by atoms with van der Waals surface area (Å²) < 4.78 is 11.6. The summed E-state index contributed by atoms with van der Waals surface area (Å²) in [5.74, 6) is -0.487. The van der Waals surface area contributed by atoms with Gasteiger partial charge in [0.15, 0.2) is 0 Å². The van der Waals surface area contributed by atoms with Crippen LogP contribution in [0.4, 0.5) is 4.79 Å². The van der Waals surface area contributed by atoms with Crippen LogP contribution in [0.5, 0.6) is 0 Å². The molecule has 7 nitrogen and oxygen atoms in total. The fraction of sp³-hybridized carbons (Fsp3) is 0.625. The van der Waals surface area contributed by atoms with E-state index in [4.69, 9.17) is 20.9 Å². The second kappa shape index (κ2) is 6.23. The van der Waals surface area contributed by atoms with Crippen LogP contribution in [-0.2, 0) is 14.3 Å². The summed E-state index contributed by atoms with van der Waals surface area (Å²) in [5.41, 5.74) is 10.9. The molecule has 1 saturated carbocycles. The van der Waals surface area contributed by atoms with Gasteiger partial charge in [0.2, 0.25) is 0 Å². The Morgan fingerprint density at radius 1 is 1.39 bits per heavy atom. The van der Waals surface area contributed by atoms with Gasteiger partial charge in [-0.25, -0.2) is 4.79 Å². The fourth-order valence-corrected chi connectivity index (χ4v) is 2.95. The highest BCUT2D eigenvalue weighted by Crippen LogP contribution is 2.60. The molecule has 2 aliphatic rings. The number of nitrogens with two attached hydrogens (primary N) is 2. The van der Waals surface area contributed by atoms with Crippen LogP contribution >= 0.6 is 0 Å². The normalized spacial score (nSPS) is 28.3. The first-order chi connectivity index (χ1) is 10.7. The van der Waals surface area contributed by atoms with Crippen molar-refractivity contribution in [2.45, 2.75) is 52.0 Å². The number of hydrogen-bond donors (Lipinski definition) is 2. The van der Waals surface area contributed by atoms with Crippen molar-refractivity contribution in [1.29, 1.82) is 0 Å². The highest BCUT2D eigenvalue weighted by molar-refractivity contribution is 5.74. The maximum atomic E-state index is 12.0. The second-order valence-electron chi connectivity index (χ2n) is 6.58. The van der Waals surface area contributed by atoms with Crippen LogP contribution in [0.3, 0.4) is 0 Å². The van der Waals surface area contributed by atoms with E-state index >= 15 is 0 Å². The van der Waals surface area contributed by atoms with Crippen molar-refractivity contribution >= 4 is 12.0 Å². The molecule has 0 radical (unpaired) electrons. The Kier molecular flexibility index (Phi) is 4.70. The van der Waals surface area contributed by atoms with Gasteiger partial charge in [0.1, 0.15) is 12.3 Å². The SMILES string of the molecule is C=C(N)/C=C\N(C(N)=O)[C@@H]1O[C@H](C)[C@@H](OC(=O)C(C)C)C12CC2. The van der Waals surface area contributed by atoms with E-state index in [-0.39, 0.29) is 18.0 Å². The van der Waals surface area contributed by atoms with Gasteiger partial charge in [-0.05, 0) is 25.8 Å². The van der Waals surface area contributed by atoms with Crippen molar-refractivity contribution in [2.24, 2.45) is 22.8 Å². The molecule has 0 bridgehead atoms. The molecule has 1 heterocycles. The maximum Gasteiger partial charge on any atom is 0.320 e. The molecule has 128 valence electrons. The average molecular weight is 323 g/mol. The average Bonchev–Trinajstić information content (AvgIpc) is 3.18. The number of ether oxygens (including phenoxy) is 2. The third-order valence-corrected chi connectivity index (χ3v) is 4.33. The lowest BCUT2D eigenvalue weighted by Gasteiger charge is -2.29. The molecule has 2 rings (SSSR count). The monoisotopic (exact) mass is 323 g/mol. The van der Waals surface area contributed by atoms with Gasteiger partial charge in [0, 0.05) is 11.9 Å². The largest absolute Gasteiger partial charge is 0.459 e. The summed E-state index contributed by atoms with van der Waals surface area (Å²) in [5, 5.41) is 0. The Morgan fingerprint density at radius 2 is 2.00 bits per heavy atom. The topological polar surface area (TPSA) is 108 Å². The van der Waals surface area contributed by atoms with E-state index in [9.17, 15) is 9.59 Å².